The molecule has 0 radical (unpaired) electrons. The molecule has 2 bridgehead atoms. The van der Waals surface area contributed by atoms with Crippen molar-refractivity contribution in [2.75, 3.05) is 6.54 Å². The average molecular weight is 231 g/mol. The minimum absolute atomic E-state index is 0.0885. The summed E-state index contributed by atoms with van der Waals surface area (Å²) < 4.78 is 0. The molecule has 1 saturated heterocycles. The summed E-state index contributed by atoms with van der Waals surface area (Å²) in [6, 6.07) is 5.62. The van der Waals surface area contributed by atoms with Crippen LogP contribution in [-0.4, -0.2) is 28.5 Å². The maximum absolute atomic E-state index is 12.4. The molecule has 2 atom stereocenters. The topological polar surface area (TPSA) is 40.5 Å². The number of phenols is 1. The lowest BCUT2D eigenvalue weighted by Crippen LogP contribution is -2.37. The van der Waals surface area contributed by atoms with Gasteiger partial charge >= 0.3 is 0 Å². The van der Waals surface area contributed by atoms with Gasteiger partial charge < -0.3 is 10.0 Å². The molecular formula is C14H17NO2. The molecule has 3 rings (SSSR count). The van der Waals surface area contributed by atoms with E-state index in [1.807, 2.05) is 11.0 Å². The van der Waals surface area contributed by atoms with E-state index < -0.39 is 0 Å². The van der Waals surface area contributed by atoms with E-state index >= 15 is 0 Å². The molecule has 1 N–H and O–H groups in total. The summed E-state index contributed by atoms with van der Waals surface area (Å²) in [6.45, 7) is 2.70. The van der Waals surface area contributed by atoms with Crippen LogP contribution >= 0.6 is 0 Å². The second-order valence-electron chi connectivity index (χ2n) is 5.24. The highest BCUT2D eigenvalue weighted by Gasteiger charge is 2.40. The highest BCUT2D eigenvalue weighted by Crippen LogP contribution is 2.38. The Kier molecular flexibility index (Phi) is 2.35. The molecule has 17 heavy (non-hydrogen) atoms. The molecule has 1 aromatic carbocycles. The number of hydrogen-bond acceptors (Lipinski definition) is 2. The second-order valence-corrected chi connectivity index (χ2v) is 5.24. The Morgan fingerprint density at radius 2 is 2.24 bits per heavy atom. The summed E-state index contributed by atoms with van der Waals surface area (Å²) >= 11 is 0. The van der Waals surface area contributed by atoms with Crippen molar-refractivity contribution in [1.29, 1.82) is 0 Å². The van der Waals surface area contributed by atoms with Crippen LogP contribution in [0.15, 0.2) is 18.2 Å². The third kappa shape index (κ3) is 1.61. The van der Waals surface area contributed by atoms with Crippen molar-refractivity contribution >= 4 is 5.91 Å². The Labute approximate surface area is 101 Å². The molecule has 3 heteroatoms. The summed E-state index contributed by atoms with van der Waals surface area (Å²) in [5.41, 5.74) is 1.35. The van der Waals surface area contributed by atoms with Crippen LogP contribution < -0.4 is 0 Å². The van der Waals surface area contributed by atoms with Crippen LogP contribution in [0.5, 0.6) is 5.75 Å². The molecule has 2 fully saturated rings. The zero-order chi connectivity index (χ0) is 12.0. The standard InChI is InChI=1S/C14H17NO2/c1-9-12(3-2-4-13(9)16)14(17)15-8-10-5-6-11(15)7-10/h2-4,10-11,16H,5-8H2,1H3. The quantitative estimate of drug-likeness (QED) is 0.805. The second kappa shape index (κ2) is 3.76. The molecule has 1 aromatic rings. The van der Waals surface area contributed by atoms with E-state index in [4.69, 9.17) is 0 Å². The van der Waals surface area contributed by atoms with Gasteiger partial charge in [-0.25, -0.2) is 0 Å². The van der Waals surface area contributed by atoms with Crippen LogP contribution in [0.3, 0.4) is 0 Å². The molecule has 1 saturated carbocycles. The van der Waals surface area contributed by atoms with Crippen molar-refractivity contribution in [2.24, 2.45) is 5.92 Å². The Morgan fingerprint density at radius 3 is 2.88 bits per heavy atom. The largest absolute Gasteiger partial charge is 0.508 e. The zero-order valence-corrected chi connectivity index (χ0v) is 10.0. The van der Waals surface area contributed by atoms with Crippen molar-refractivity contribution < 1.29 is 9.90 Å². The van der Waals surface area contributed by atoms with Gasteiger partial charge in [0.2, 0.25) is 0 Å². The number of fused-ring (bicyclic) bond motifs is 2. The molecule has 1 aliphatic heterocycles. The van der Waals surface area contributed by atoms with E-state index in [1.165, 1.54) is 12.8 Å². The molecule has 90 valence electrons. The molecule has 1 heterocycles. The van der Waals surface area contributed by atoms with Crippen LogP contribution in [-0.2, 0) is 0 Å². The van der Waals surface area contributed by atoms with Crippen LogP contribution in [0.4, 0.5) is 0 Å². The number of benzene rings is 1. The fourth-order valence-corrected chi connectivity index (χ4v) is 3.18. The number of rotatable bonds is 1. The molecule has 3 nitrogen and oxygen atoms in total. The average Bonchev–Trinajstić information content (AvgIpc) is 2.94. The number of nitrogens with zero attached hydrogens (tertiary/aromatic N) is 1. The van der Waals surface area contributed by atoms with E-state index in [0.29, 0.717) is 23.1 Å². The molecule has 0 spiro atoms. The molecule has 1 amide bonds. The summed E-state index contributed by atoms with van der Waals surface area (Å²) in [4.78, 5) is 14.4. The maximum Gasteiger partial charge on any atom is 0.254 e. The minimum Gasteiger partial charge on any atom is -0.508 e. The Balaban J connectivity index is 1.89. The Hall–Kier alpha value is -1.51. The van der Waals surface area contributed by atoms with E-state index in [0.717, 1.165) is 13.0 Å². The van der Waals surface area contributed by atoms with Gasteiger partial charge in [-0.1, -0.05) is 6.07 Å². The van der Waals surface area contributed by atoms with Crippen molar-refractivity contribution in [3.8, 4) is 5.75 Å². The van der Waals surface area contributed by atoms with Gasteiger partial charge in [-0.3, -0.25) is 4.79 Å². The van der Waals surface area contributed by atoms with Crippen LogP contribution in [0.1, 0.15) is 35.2 Å². The maximum atomic E-state index is 12.4. The normalized spacial score (nSPS) is 26.5. The lowest BCUT2D eigenvalue weighted by Gasteiger charge is -2.27. The first-order chi connectivity index (χ1) is 8.16. The summed E-state index contributed by atoms with van der Waals surface area (Å²) in [7, 11) is 0. The summed E-state index contributed by atoms with van der Waals surface area (Å²) in [5, 5.41) is 9.65. The van der Waals surface area contributed by atoms with E-state index in [2.05, 4.69) is 0 Å². The van der Waals surface area contributed by atoms with Gasteiger partial charge in [0.05, 0.1) is 0 Å². The van der Waals surface area contributed by atoms with Gasteiger partial charge in [-0.15, -0.1) is 0 Å². The van der Waals surface area contributed by atoms with Gasteiger partial charge in [-0.05, 0) is 44.2 Å². The van der Waals surface area contributed by atoms with Gasteiger partial charge in [0.15, 0.2) is 0 Å². The Morgan fingerprint density at radius 1 is 1.41 bits per heavy atom. The van der Waals surface area contributed by atoms with Crippen molar-refractivity contribution in [3.05, 3.63) is 29.3 Å². The molecule has 2 aliphatic rings. The van der Waals surface area contributed by atoms with Crippen LogP contribution in [0.25, 0.3) is 0 Å². The van der Waals surface area contributed by atoms with E-state index in [1.54, 1.807) is 19.1 Å². The van der Waals surface area contributed by atoms with Crippen LogP contribution in [0, 0.1) is 12.8 Å². The number of piperidine rings is 1. The third-order valence-electron chi connectivity index (χ3n) is 4.21. The van der Waals surface area contributed by atoms with Gasteiger partial charge in [-0.2, -0.15) is 0 Å². The number of carbonyl (C=O) groups is 1. The number of hydrogen-bond donors (Lipinski definition) is 1. The lowest BCUT2D eigenvalue weighted by atomic mass is 10.0. The number of carbonyl (C=O) groups excluding carboxylic acids is 1. The molecule has 2 unspecified atom stereocenters. The van der Waals surface area contributed by atoms with Gasteiger partial charge in [0.1, 0.15) is 5.75 Å². The zero-order valence-electron chi connectivity index (χ0n) is 10.0. The fourth-order valence-electron chi connectivity index (χ4n) is 3.18. The first kappa shape index (κ1) is 10.6. The van der Waals surface area contributed by atoms with Gasteiger partial charge in [0, 0.05) is 23.7 Å². The molecule has 1 aliphatic carbocycles. The van der Waals surface area contributed by atoms with Gasteiger partial charge in [0.25, 0.3) is 5.91 Å². The molecule has 0 aromatic heterocycles. The predicted octanol–water partition coefficient (Wildman–Crippen LogP) is 2.33. The summed E-state index contributed by atoms with van der Waals surface area (Å²) in [6.07, 6.45) is 3.59. The lowest BCUT2D eigenvalue weighted by molar-refractivity contribution is 0.0702. The first-order valence-electron chi connectivity index (χ1n) is 6.26. The minimum atomic E-state index is 0.0885. The SMILES string of the molecule is Cc1c(O)cccc1C(=O)N1CC2CCC1C2. The summed E-state index contributed by atoms with van der Waals surface area (Å²) in [5.74, 6) is 1.01. The third-order valence-corrected chi connectivity index (χ3v) is 4.21. The highest BCUT2D eigenvalue weighted by molar-refractivity contribution is 5.96. The fraction of sp³-hybridized carbons (Fsp3) is 0.500. The van der Waals surface area contributed by atoms with E-state index in [9.17, 15) is 9.90 Å². The van der Waals surface area contributed by atoms with Crippen LogP contribution in [0.2, 0.25) is 0 Å². The first-order valence-corrected chi connectivity index (χ1v) is 6.26. The molecular weight excluding hydrogens is 214 g/mol. The van der Waals surface area contributed by atoms with E-state index in [-0.39, 0.29) is 11.7 Å². The number of phenolic OH excluding ortho intramolecular Hbond substituents is 1. The smallest absolute Gasteiger partial charge is 0.254 e. The number of aromatic hydroxyl groups is 1. The number of amides is 1. The van der Waals surface area contributed by atoms with Crippen molar-refractivity contribution in [1.82, 2.24) is 4.90 Å². The monoisotopic (exact) mass is 231 g/mol. The van der Waals surface area contributed by atoms with Crippen molar-refractivity contribution in [2.45, 2.75) is 32.2 Å². The predicted molar refractivity (Wildman–Crippen MR) is 65.0 cm³/mol. The van der Waals surface area contributed by atoms with Crippen molar-refractivity contribution in [3.63, 3.8) is 0 Å². The highest BCUT2D eigenvalue weighted by atomic mass is 16.3. The number of likely N-dealkylation sites (tertiary alicyclic amines) is 1. The Bertz CT molecular complexity index is 469.